The van der Waals surface area contributed by atoms with E-state index in [2.05, 4.69) is 29.6 Å². The molecule has 3 rings (SSSR count). The Morgan fingerprint density at radius 2 is 1.89 bits per heavy atom. The molecule has 0 radical (unpaired) electrons. The Hall–Kier alpha value is -2.04. The first-order valence-electron chi connectivity index (χ1n) is 9.37. The first-order chi connectivity index (χ1) is 12.6. The number of hydrogen-bond acceptors (Lipinski definition) is 3. The fourth-order valence-electron chi connectivity index (χ4n) is 3.90. The summed E-state index contributed by atoms with van der Waals surface area (Å²) >= 11 is 0. The van der Waals surface area contributed by atoms with Gasteiger partial charge in [0, 0.05) is 11.5 Å². The number of carbonyl (C=O) groups excluding carboxylic acids is 1. The molecule has 0 heterocycles. The lowest BCUT2D eigenvalue weighted by Crippen LogP contribution is -2.36. The van der Waals surface area contributed by atoms with Crippen molar-refractivity contribution in [1.29, 1.82) is 0 Å². The molecule has 1 saturated carbocycles. The van der Waals surface area contributed by atoms with Gasteiger partial charge in [-0.15, -0.1) is 12.4 Å². The Kier molecular flexibility index (Phi) is 7.69. The third-order valence-corrected chi connectivity index (χ3v) is 5.49. The molecule has 3 N–H and O–H groups in total. The van der Waals surface area contributed by atoms with Crippen LogP contribution in [0.25, 0.3) is 11.1 Å². The van der Waals surface area contributed by atoms with Crippen LogP contribution in [0.3, 0.4) is 0 Å². The third-order valence-electron chi connectivity index (χ3n) is 5.49. The molecule has 2 aromatic carbocycles. The summed E-state index contributed by atoms with van der Waals surface area (Å²) in [6.45, 7) is 2.63. The molecule has 1 unspecified atom stereocenters. The number of hydrogen-bond donors (Lipinski definition) is 2. The average molecular weight is 389 g/mol. The summed E-state index contributed by atoms with van der Waals surface area (Å²) in [5, 5.41) is 3.17. The van der Waals surface area contributed by atoms with Crippen LogP contribution in [0.1, 0.15) is 37.8 Å². The number of benzene rings is 2. The standard InChI is InChI=1S/C22H28N2O2.ClH/c1-15(24-22(25)20-8-5-6-18(20)14-23)16-10-12-17(13-11-16)19-7-3-4-9-21(19)26-2;/h3-4,7,9-13,15,18,20H,5-6,8,14,23H2,1-2H3,(H,24,25);1H/t15?,18-,20-;/m1./s1. The van der Waals surface area contributed by atoms with Crippen LogP contribution in [0, 0.1) is 11.8 Å². The van der Waals surface area contributed by atoms with Crippen LogP contribution in [0.15, 0.2) is 48.5 Å². The highest BCUT2D eigenvalue weighted by atomic mass is 35.5. The van der Waals surface area contributed by atoms with Crippen LogP contribution in [0.2, 0.25) is 0 Å². The summed E-state index contributed by atoms with van der Waals surface area (Å²) in [5.41, 5.74) is 9.07. The van der Waals surface area contributed by atoms with Gasteiger partial charge < -0.3 is 15.8 Å². The van der Waals surface area contributed by atoms with Gasteiger partial charge in [0.25, 0.3) is 0 Å². The number of nitrogens with two attached hydrogens (primary N) is 1. The van der Waals surface area contributed by atoms with Crippen molar-refractivity contribution in [3.63, 3.8) is 0 Å². The second-order valence-corrected chi connectivity index (χ2v) is 7.09. The topological polar surface area (TPSA) is 64.3 Å². The van der Waals surface area contributed by atoms with E-state index in [-0.39, 0.29) is 30.3 Å². The van der Waals surface area contributed by atoms with Crippen molar-refractivity contribution in [3.05, 3.63) is 54.1 Å². The molecule has 0 spiro atoms. The van der Waals surface area contributed by atoms with Gasteiger partial charge in [-0.3, -0.25) is 4.79 Å². The molecular weight excluding hydrogens is 360 g/mol. The fraction of sp³-hybridized carbons (Fsp3) is 0.409. The lowest BCUT2D eigenvalue weighted by Gasteiger charge is -2.21. The van der Waals surface area contributed by atoms with Gasteiger partial charge in [0.1, 0.15) is 5.75 Å². The predicted molar refractivity (Wildman–Crippen MR) is 112 cm³/mol. The Morgan fingerprint density at radius 1 is 1.19 bits per heavy atom. The van der Waals surface area contributed by atoms with E-state index in [1.54, 1.807) is 7.11 Å². The largest absolute Gasteiger partial charge is 0.496 e. The summed E-state index contributed by atoms with van der Waals surface area (Å²) in [7, 11) is 1.68. The zero-order valence-corrected chi connectivity index (χ0v) is 16.8. The van der Waals surface area contributed by atoms with Crippen molar-refractivity contribution in [1.82, 2.24) is 5.32 Å². The van der Waals surface area contributed by atoms with E-state index in [0.717, 1.165) is 41.7 Å². The summed E-state index contributed by atoms with van der Waals surface area (Å²) in [4.78, 5) is 12.6. The maximum atomic E-state index is 12.6. The Bertz CT molecular complexity index is 748. The molecule has 4 nitrogen and oxygen atoms in total. The second kappa shape index (κ2) is 9.77. The van der Waals surface area contributed by atoms with Gasteiger partial charge in [0.15, 0.2) is 0 Å². The molecule has 0 aromatic heterocycles. The summed E-state index contributed by atoms with van der Waals surface area (Å²) < 4.78 is 5.44. The molecule has 0 aliphatic heterocycles. The van der Waals surface area contributed by atoms with E-state index in [0.29, 0.717) is 12.5 Å². The van der Waals surface area contributed by atoms with Gasteiger partial charge in [-0.2, -0.15) is 0 Å². The first-order valence-corrected chi connectivity index (χ1v) is 9.37. The van der Waals surface area contributed by atoms with E-state index >= 15 is 0 Å². The van der Waals surface area contributed by atoms with E-state index in [1.165, 1.54) is 0 Å². The molecule has 0 bridgehead atoms. The minimum absolute atomic E-state index is 0. The Morgan fingerprint density at radius 3 is 2.56 bits per heavy atom. The van der Waals surface area contributed by atoms with Crippen molar-refractivity contribution < 1.29 is 9.53 Å². The molecule has 2 aromatic rings. The monoisotopic (exact) mass is 388 g/mol. The number of para-hydroxylation sites is 1. The van der Waals surface area contributed by atoms with Crippen LogP contribution < -0.4 is 15.8 Å². The number of rotatable bonds is 6. The Labute approximate surface area is 167 Å². The van der Waals surface area contributed by atoms with Gasteiger partial charge >= 0.3 is 0 Å². The van der Waals surface area contributed by atoms with Crippen molar-refractivity contribution in [3.8, 4) is 16.9 Å². The lowest BCUT2D eigenvalue weighted by molar-refractivity contribution is -0.126. The van der Waals surface area contributed by atoms with Crippen LogP contribution in [-0.2, 0) is 4.79 Å². The zero-order valence-electron chi connectivity index (χ0n) is 16.0. The van der Waals surface area contributed by atoms with Gasteiger partial charge in [-0.1, -0.05) is 48.9 Å². The maximum Gasteiger partial charge on any atom is 0.223 e. The van der Waals surface area contributed by atoms with Gasteiger partial charge in [-0.25, -0.2) is 0 Å². The number of nitrogens with one attached hydrogen (secondary N) is 1. The smallest absolute Gasteiger partial charge is 0.223 e. The SMILES string of the molecule is COc1ccccc1-c1ccc(C(C)NC(=O)[C@@H]2CCC[C@@H]2CN)cc1.Cl. The molecule has 1 fully saturated rings. The highest BCUT2D eigenvalue weighted by molar-refractivity contribution is 5.85. The van der Waals surface area contributed by atoms with Crippen LogP contribution in [0.4, 0.5) is 0 Å². The highest BCUT2D eigenvalue weighted by Crippen LogP contribution is 2.32. The summed E-state index contributed by atoms with van der Waals surface area (Å²) in [6, 6.07) is 16.3. The molecule has 27 heavy (non-hydrogen) atoms. The molecule has 146 valence electrons. The van der Waals surface area contributed by atoms with Crippen LogP contribution in [0.5, 0.6) is 5.75 Å². The number of carbonyl (C=O) groups is 1. The molecule has 0 saturated heterocycles. The molecule has 5 heteroatoms. The second-order valence-electron chi connectivity index (χ2n) is 7.09. The van der Waals surface area contributed by atoms with E-state index in [1.807, 2.05) is 31.2 Å². The van der Waals surface area contributed by atoms with Crippen LogP contribution in [-0.4, -0.2) is 19.6 Å². The molecular formula is C22H29ClN2O2. The minimum Gasteiger partial charge on any atom is -0.496 e. The fourth-order valence-corrected chi connectivity index (χ4v) is 3.90. The quantitative estimate of drug-likeness (QED) is 0.773. The van der Waals surface area contributed by atoms with Gasteiger partial charge in [0.2, 0.25) is 5.91 Å². The molecule has 1 aliphatic rings. The molecule has 3 atom stereocenters. The third kappa shape index (κ3) is 4.82. The first kappa shape index (κ1) is 21.3. The summed E-state index contributed by atoms with van der Waals surface area (Å²) in [5.74, 6) is 1.39. The highest BCUT2D eigenvalue weighted by Gasteiger charge is 2.32. The molecule has 1 amide bonds. The van der Waals surface area contributed by atoms with Gasteiger partial charge in [0.05, 0.1) is 13.2 Å². The maximum absolute atomic E-state index is 12.6. The average Bonchev–Trinajstić information content (AvgIpc) is 3.17. The van der Waals surface area contributed by atoms with Crippen molar-refractivity contribution >= 4 is 18.3 Å². The van der Waals surface area contributed by atoms with Crippen molar-refractivity contribution in [2.45, 2.75) is 32.2 Å². The summed E-state index contributed by atoms with van der Waals surface area (Å²) in [6.07, 6.45) is 3.12. The normalized spacial score (nSPS) is 19.8. The molecule has 1 aliphatic carbocycles. The Balaban J connectivity index is 0.00000261. The van der Waals surface area contributed by atoms with E-state index in [4.69, 9.17) is 10.5 Å². The van der Waals surface area contributed by atoms with Crippen LogP contribution >= 0.6 is 12.4 Å². The minimum atomic E-state index is -0.0201. The number of halogens is 1. The number of ether oxygens (including phenoxy) is 1. The van der Waals surface area contributed by atoms with Gasteiger partial charge in [-0.05, 0) is 49.4 Å². The lowest BCUT2D eigenvalue weighted by atomic mass is 9.94. The van der Waals surface area contributed by atoms with E-state index in [9.17, 15) is 4.79 Å². The van der Waals surface area contributed by atoms with Crippen molar-refractivity contribution in [2.24, 2.45) is 17.6 Å². The number of methoxy groups -OCH3 is 1. The van der Waals surface area contributed by atoms with Crippen molar-refractivity contribution in [2.75, 3.05) is 13.7 Å². The van der Waals surface area contributed by atoms with E-state index < -0.39 is 0 Å². The number of amides is 1. The zero-order chi connectivity index (χ0) is 18.5. The predicted octanol–water partition coefficient (Wildman–Crippen LogP) is 4.34.